The van der Waals surface area contributed by atoms with Gasteiger partial charge in [0, 0.05) is 35.3 Å². The van der Waals surface area contributed by atoms with E-state index in [1.165, 1.54) is 18.6 Å². The molecule has 0 radical (unpaired) electrons. The molecule has 1 fully saturated rings. The minimum atomic E-state index is -1.10. The van der Waals surface area contributed by atoms with E-state index >= 15 is 0 Å². The summed E-state index contributed by atoms with van der Waals surface area (Å²) in [6.45, 7) is 0. The quantitative estimate of drug-likeness (QED) is 0.367. The zero-order chi connectivity index (χ0) is 24.4. The number of H-pyrrole nitrogens is 1. The number of ketones is 1. The lowest BCUT2D eigenvalue weighted by atomic mass is 9.76. The van der Waals surface area contributed by atoms with Gasteiger partial charge in [0.25, 0.3) is 0 Å². The van der Waals surface area contributed by atoms with Crippen LogP contribution in [0.5, 0.6) is 0 Å². The van der Waals surface area contributed by atoms with E-state index in [9.17, 15) is 19.1 Å². The van der Waals surface area contributed by atoms with Crippen molar-refractivity contribution < 1.29 is 19.1 Å². The van der Waals surface area contributed by atoms with Crippen LogP contribution in [0, 0.1) is 17.7 Å². The number of carbonyl (C=O) groups is 2. The number of nitrogens with one attached hydrogen (secondary N) is 1. The van der Waals surface area contributed by atoms with Crippen LogP contribution < -0.4 is 0 Å². The molecule has 1 aliphatic carbocycles. The molecule has 2 atom stereocenters. The van der Waals surface area contributed by atoms with E-state index < -0.39 is 11.8 Å². The first-order valence-corrected chi connectivity index (χ1v) is 11.6. The highest BCUT2D eigenvalue weighted by Gasteiger charge is 2.27. The predicted molar refractivity (Wildman–Crippen MR) is 126 cm³/mol. The van der Waals surface area contributed by atoms with Crippen molar-refractivity contribution in [1.29, 1.82) is 0 Å². The molecular weight excluding hydrogens is 449 g/mol. The summed E-state index contributed by atoms with van der Waals surface area (Å²) in [5.41, 5.74) is 2.01. The van der Waals surface area contributed by atoms with Gasteiger partial charge in [0.2, 0.25) is 0 Å². The molecular formula is C26H24FN5O3. The molecule has 3 heterocycles. The van der Waals surface area contributed by atoms with Crippen LogP contribution in [0.15, 0.2) is 49.2 Å². The third-order valence-corrected chi connectivity index (χ3v) is 6.72. The van der Waals surface area contributed by atoms with Gasteiger partial charge in [-0.05, 0) is 37.2 Å². The fraction of sp³-hybridized carbons (Fsp3) is 0.308. The molecule has 178 valence electrons. The van der Waals surface area contributed by atoms with Gasteiger partial charge in [-0.15, -0.1) is 0 Å². The second-order valence-corrected chi connectivity index (χ2v) is 9.06. The second kappa shape index (κ2) is 9.69. The van der Waals surface area contributed by atoms with Gasteiger partial charge in [-0.1, -0.05) is 31.0 Å². The molecule has 1 saturated carbocycles. The standard InChI is InChI=1S/C26H24FN5O3/c27-21-13-30-25(20-12-29-24-19(20)11-28-14-31-24)32-22(21)9-15-4-3-5-16(8-15)10-23(33)17-6-1-2-7-18(17)26(34)35/h1-2,6-7,11-16H,3-5,8-10H2,(H,34,35)(H,28,29,31)/t15-,16+/m1/s1. The lowest BCUT2D eigenvalue weighted by Crippen LogP contribution is -2.21. The van der Waals surface area contributed by atoms with Crippen LogP contribution in [-0.2, 0) is 6.42 Å². The van der Waals surface area contributed by atoms with Crippen LogP contribution in [-0.4, -0.2) is 41.8 Å². The molecule has 8 nitrogen and oxygen atoms in total. The van der Waals surface area contributed by atoms with Gasteiger partial charge in [-0.25, -0.2) is 29.1 Å². The Morgan fingerprint density at radius 3 is 2.71 bits per heavy atom. The Kier molecular flexibility index (Phi) is 6.31. The number of carboxylic acids is 1. The highest BCUT2D eigenvalue weighted by Crippen LogP contribution is 2.35. The number of aromatic nitrogens is 5. The molecule has 0 amide bonds. The van der Waals surface area contributed by atoms with Crippen molar-refractivity contribution in [2.75, 3.05) is 0 Å². The van der Waals surface area contributed by atoms with Crippen LogP contribution >= 0.6 is 0 Å². The number of Topliss-reactive ketones (excluding diaryl/α,β-unsaturated/α-hetero) is 1. The maximum Gasteiger partial charge on any atom is 0.336 e. The lowest BCUT2D eigenvalue weighted by Gasteiger charge is -2.29. The van der Waals surface area contributed by atoms with Crippen LogP contribution in [0.1, 0.15) is 58.5 Å². The molecule has 0 aliphatic heterocycles. The number of hydrogen-bond acceptors (Lipinski definition) is 6. The summed E-state index contributed by atoms with van der Waals surface area (Å²) in [5, 5.41) is 10.2. The Balaban J connectivity index is 1.30. The Hall–Kier alpha value is -4.01. The van der Waals surface area contributed by atoms with E-state index in [2.05, 4.69) is 24.9 Å². The highest BCUT2D eigenvalue weighted by molar-refractivity contribution is 6.05. The van der Waals surface area contributed by atoms with Crippen molar-refractivity contribution in [3.63, 3.8) is 0 Å². The lowest BCUT2D eigenvalue weighted by molar-refractivity contribution is 0.0690. The van der Waals surface area contributed by atoms with Gasteiger partial charge < -0.3 is 10.1 Å². The second-order valence-electron chi connectivity index (χ2n) is 9.06. The topological polar surface area (TPSA) is 122 Å². The zero-order valence-corrected chi connectivity index (χ0v) is 18.9. The Morgan fingerprint density at radius 2 is 1.89 bits per heavy atom. The maximum atomic E-state index is 14.7. The first kappa shape index (κ1) is 22.8. The molecule has 3 aromatic heterocycles. The van der Waals surface area contributed by atoms with E-state index in [-0.39, 0.29) is 35.2 Å². The van der Waals surface area contributed by atoms with Gasteiger partial charge in [0.05, 0.1) is 17.5 Å². The van der Waals surface area contributed by atoms with E-state index in [0.717, 1.165) is 31.1 Å². The Labute approximate surface area is 200 Å². The molecule has 0 bridgehead atoms. The number of carboxylic acid groups (broad SMARTS) is 1. The summed E-state index contributed by atoms with van der Waals surface area (Å²) < 4.78 is 14.7. The molecule has 0 spiro atoms. The highest BCUT2D eigenvalue weighted by atomic mass is 19.1. The minimum Gasteiger partial charge on any atom is -0.478 e. The van der Waals surface area contributed by atoms with E-state index in [4.69, 9.17) is 0 Å². The molecule has 5 rings (SSSR count). The maximum absolute atomic E-state index is 14.7. The Bertz CT molecular complexity index is 1400. The fourth-order valence-corrected chi connectivity index (χ4v) is 5.05. The SMILES string of the molecule is O=C(O)c1ccccc1C(=O)C[C@H]1CCC[C@@H](Cc2nc(-c3c[nH]c4ncncc34)ncc2F)C1. The summed E-state index contributed by atoms with van der Waals surface area (Å²) in [6, 6.07) is 6.32. The molecule has 0 unspecified atom stereocenters. The number of nitrogens with zero attached hydrogens (tertiary/aromatic N) is 4. The van der Waals surface area contributed by atoms with Crippen molar-refractivity contribution in [1.82, 2.24) is 24.9 Å². The average Bonchev–Trinajstić information content (AvgIpc) is 3.30. The number of halogens is 1. The molecule has 1 aliphatic rings. The van der Waals surface area contributed by atoms with Gasteiger partial charge in [0.15, 0.2) is 17.4 Å². The number of benzene rings is 1. The van der Waals surface area contributed by atoms with Crippen molar-refractivity contribution in [3.8, 4) is 11.4 Å². The number of hydrogen-bond donors (Lipinski definition) is 2. The summed E-state index contributed by atoms with van der Waals surface area (Å²) in [4.78, 5) is 44.4. The third-order valence-electron chi connectivity index (χ3n) is 6.72. The third kappa shape index (κ3) is 4.80. The van der Waals surface area contributed by atoms with Gasteiger partial charge in [-0.2, -0.15) is 0 Å². The molecule has 1 aromatic carbocycles. The average molecular weight is 474 g/mol. The van der Waals surface area contributed by atoms with Crippen molar-refractivity contribution in [2.45, 2.75) is 38.5 Å². The van der Waals surface area contributed by atoms with Crippen LogP contribution in [0.3, 0.4) is 0 Å². The smallest absolute Gasteiger partial charge is 0.336 e. The molecule has 9 heteroatoms. The van der Waals surface area contributed by atoms with E-state index in [1.54, 1.807) is 30.6 Å². The van der Waals surface area contributed by atoms with Crippen molar-refractivity contribution in [2.24, 2.45) is 11.8 Å². The summed E-state index contributed by atoms with van der Waals surface area (Å²) >= 11 is 0. The number of aromatic amines is 1. The molecule has 35 heavy (non-hydrogen) atoms. The van der Waals surface area contributed by atoms with Gasteiger partial charge >= 0.3 is 5.97 Å². The van der Waals surface area contributed by atoms with E-state index in [0.29, 0.717) is 29.1 Å². The predicted octanol–water partition coefficient (Wildman–Crippen LogP) is 4.87. The van der Waals surface area contributed by atoms with Crippen molar-refractivity contribution in [3.05, 3.63) is 71.8 Å². The first-order chi connectivity index (χ1) is 17.0. The summed E-state index contributed by atoms with van der Waals surface area (Å²) in [6.07, 6.45) is 10.3. The van der Waals surface area contributed by atoms with Crippen molar-refractivity contribution >= 4 is 22.8 Å². The largest absolute Gasteiger partial charge is 0.478 e. The zero-order valence-electron chi connectivity index (χ0n) is 18.9. The van der Waals surface area contributed by atoms with Gasteiger partial charge in [0.1, 0.15) is 12.0 Å². The molecule has 0 saturated heterocycles. The van der Waals surface area contributed by atoms with Crippen LogP contribution in [0.2, 0.25) is 0 Å². The first-order valence-electron chi connectivity index (χ1n) is 11.6. The molecule has 2 N–H and O–H groups in total. The fourth-order valence-electron chi connectivity index (χ4n) is 5.05. The Morgan fingerprint density at radius 1 is 1.09 bits per heavy atom. The normalized spacial score (nSPS) is 18.0. The van der Waals surface area contributed by atoms with Crippen LogP contribution in [0.25, 0.3) is 22.4 Å². The summed E-state index contributed by atoms with van der Waals surface area (Å²) in [5.74, 6) is -0.996. The number of aromatic carboxylic acids is 1. The number of fused-ring (bicyclic) bond motifs is 1. The minimum absolute atomic E-state index is 0.0307. The number of carbonyl (C=O) groups excluding carboxylic acids is 1. The van der Waals surface area contributed by atoms with E-state index in [1.807, 2.05) is 0 Å². The monoisotopic (exact) mass is 473 g/mol. The van der Waals surface area contributed by atoms with Gasteiger partial charge in [-0.3, -0.25) is 4.79 Å². The van der Waals surface area contributed by atoms with Crippen LogP contribution in [0.4, 0.5) is 4.39 Å². The number of rotatable bonds is 7. The summed E-state index contributed by atoms with van der Waals surface area (Å²) in [7, 11) is 0. The molecule has 4 aromatic rings.